The number of aryl methyl sites for hydroxylation is 1. The summed E-state index contributed by atoms with van der Waals surface area (Å²) >= 11 is 1.67. The lowest BCUT2D eigenvalue weighted by atomic mass is 10.2. The van der Waals surface area contributed by atoms with Gasteiger partial charge in [-0.15, -0.1) is 11.3 Å². The second-order valence-electron chi connectivity index (χ2n) is 6.83. The van der Waals surface area contributed by atoms with Crippen molar-refractivity contribution in [2.45, 2.75) is 19.6 Å². The van der Waals surface area contributed by atoms with E-state index >= 15 is 0 Å². The maximum absolute atomic E-state index is 10.8. The van der Waals surface area contributed by atoms with Crippen LogP contribution in [0.25, 0.3) is 10.6 Å². The lowest BCUT2D eigenvalue weighted by molar-refractivity contribution is -0.138. The van der Waals surface area contributed by atoms with E-state index in [2.05, 4.69) is 41.5 Å². The van der Waals surface area contributed by atoms with Gasteiger partial charge in [0.1, 0.15) is 5.01 Å². The Labute approximate surface area is 158 Å². The minimum absolute atomic E-state index is 0.0308. The molecule has 0 saturated carbocycles. The quantitative estimate of drug-likeness (QED) is 0.801. The third-order valence-electron chi connectivity index (χ3n) is 4.38. The number of carbonyl (C=O) groups is 1. The van der Waals surface area contributed by atoms with Crippen molar-refractivity contribution in [1.82, 2.24) is 14.8 Å². The molecule has 26 heavy (non-hydrogen) atoms. The van der Waals surface area contributed by atoms with Gasteiger partial charge >= 0.3 is 5.97 Å². The molecule has 2 aromatic rings. The van der Waals surface area contributed by atoms with Crippen molar-refractivity contribution in [2.75, 3.05) is 39.8 Å². The number of benzene rings is 1. The van der Waals surface area contributed by atoms with E-state index in [0.717, 1.165) is 35.9 Å². The molecule has 7 heteroatoms. The van der Waals surface area contributed by atoms with Crippen LogP contribution in [-0.2, 0) is 16.1 Å². The molecule has 1 aliphatic rings. The maximum atomic E-state index is 10.8. The molecule has 1 aromatic carbocycles. The molecule has 0 aliphatic carbocycles. The molecular formula is C19H25N3O3S. The second kappa shape index (κ2) is 8.73. The van der Waals surface area contributed by atoms with Gasteiger partial charge in [0.25, 0.3) is 0 Å². The van der Waals surface area contributed by atoms with Crippen LogP contribution in [0.3, 0.4) is 0 Å². The Bertz CT molecular complexity index is 732. The van der Waals surface area contributed by atoms with Crippen molar-refractivity contribution >= 4 is 17.3 Å². The summed E-state index contributed by atoms with van der Waals surface area (Å²) in [5.74, 6) is -0.814. The lowest BCUT2D eigenvalue weighted by Gasteiger charge is -2.34. The standard InChI is InChI=1S/C19H25N3O3S/c1-14-3-5-15(6-4-14)19-20-16(13-26-19)9-22-7-8-25-17(11-22)10-21(2)12-18(23)24/h3-6,13,17H,7-12H2,1-2H3,(H,23,24). The third kappa shape index (κ3) is 5.35. The summed E-state index contributed by atoms with van der Waals surface area (Å²) in [6, 6.07) is 8.44. The van der Waals surface area contributed by atoms with Gasteiger partial charge in [0, 0.05) is 37.1 Å². The van der Waals surface area contributed by atoms with E-state index in [1.165, 1.54) is 5.56 Å². The van der Waals surface area contributed by atoms with Crippen molar-refractivity contribution in [3.8, 4) is 10.6 Å². The van der Waals surface area contributed by atoms with E-state index in [1.54, 1.807) is 16.2 Å². The summed E-state index contributed by atoms with van der Waals surface area (Å²) in [7, 11) is 1.81. The monoisotopic (exact) mass is 375 g/mol. The number of thiazole rings is 1. The fourth-order valence-electron chi connectivity index (χ4n) is 3.11. The average Bonchev–Trinajstić information content (AvgIpc) is 3.03. The molecule has 1 aromatic heterocycles. The number of hydrogen-bond acceptors (Lipinski definition) is 6. The zero-order valence-corrected chi connectivity index (χ0v) is 16.0. The Morgan fingerprint density at radius 2 is 2.19 bits per heavy atom. The topological polar surface area (TPSA) is 65.9 Å². The number of nitrogens with zero attached hydrogens (tertiary/aromatic N) is 3. The largest absolute Gasteiger partial charge is 0.480 e. The molecule has 1 atom stereocenters. The van der Waals surface area contributed by atoms with Crippen LogP contribution in [0.5, 0.6) is 0 Å². The Balaban J connectivity index is 1.55. The van der Waals surface area contributed by atoms with Gasteiger partial charge in [0.05, 0.1) is 24.9 Å². The van der Waals surface area contributed by atoms with Crippen LogP contribution in [0.2, 0.25) is 0 Å². The predicted octanol–water partition coefficient (Wildman–Crippen LogP) is 2.34. The van der Waals surface area contributed by atoms with Crippen LogP contribution in [0.1, 0.15) is 11.3 Å². The van der Waals surface area contributed by atoms with Crippen LogP contribution in [0.15, 0.2) is 29.6 Å². The van der Waals surface area contributed by atoms with Crippen LogP contribution < -0.4 is 0 Å². The Morgan fingerprint density at radius 3 is 2.92 bits per heavy atom. The number of morpholine rings is 1. The number of likely N-dealkylation sites (N-methyl/N-ethyl adjacent to an activating group) is 1. The molecule has 1 unspecified atom stereocenters. The highest BCUT2D eigenvalue weighted by Crippen LogP contribution is 2.25. The molecule has 140 valence electrons. The fourth-order valence-corrected chi connectivity index (χ4v) is 3.93. The number of ether oxygens (including phenoxy) is 1. The Hall–Kier alpha value is -1.80. The third-order valence-corrected chi connectivity index (χ3v) is 5.32. The summed E-state index contributed by atoms with van der Waals surface area (Å²) in [6.45, 7) is 5.86. The number of carboxylic acids is 1. The van der Waals surface area contributed by atoms with Crippen molar-refractivity contribution in [3.63, 3.8) is 0 Å². The highest BCUT2D eigenvalue weighted by Gasteiger charge is 2.23. The fraction of sp³-hybridized carbons (Fsp3) is 0.474. The summed E-state index contributed by atoms with van der Waals surface area (Å²) in [5.41, 5.74) is 3.48. The molecule has 1 N–H and O–H groups in total. The molecular weight excluding hydrogens is 350 g/mol. The van der Waals surface area contributed by atoms with Gasteiger partial charge in [0.2, 0.25) is 0 Å². The molecule has 1 fully saturated rings. The maximum Gasteiger partial charge on any atom is 0.317 e. The van der Waals surface area contributed by atoms with Crippen LogP contribution in [-0.4, -0.2) is 71.8 Å². The first-order chi connectivity index (χ1) is 12.5. The predicted molar refractivity (Wildman–Crippen MR) is 102 cm³/mol. The zero-order chi connectivity index (χ0) is 18.5. The highest BCUT2D eigenvalue weighted by atomic mass is 32.1. The summed E-state index contributed by atoms with van der Waals surface area (Å²) in [6.07, 6.45) is 0.0308. The second-order valence-corrected chi connectivity index (χ2v) is 7.69. The summed E-state index contributed by atoms with van der Waals surface area (Å²) in [4.78, 5) is 19.7. The molecule has 0 spiro atoms. The van der Waals surface area contributed by atoms with Crippen molar-refractivity contribution < 1.29 is 14.6 Å². The van der Waals surface area contributed by atoms with Crippen LogP contribution >= 0.6 is 11.3 Å². The van der Waals surface area contributed by atoms with E-state index in [1.807, 2.05) is 7.05 Å². The normalized spacial score (nSPS) is 18.3. The minimum Gasteiger partial charge on any atom is -0.480 e. The number of hydrogen-bond donors (Lipinski definition) is 1. The van der Waals surface area contributed by atoms with Gasteiger partial charge < -0.3 is 9.84 Å². The van der Waals surface area contributed by atoms with E-state index in [0.29, 0.717) is 13.2 Å². The molecule has 0 radical (unpaired) electrons. The zero-order valence-electron chi connectivity index (χ0n) is 15.2. The molecule has 0 bridgehead atoms. The van der Waals surface area contributed by atoms with Crippen molar-refractivity contribution in [3.05, 3.63) is 40.9 Å². The number of aromatic nitrogens is 1. The van der Waals surface area contributed by atoms with E-state index < -0.39 is 5.97 Å². The molecule has 6 nitrogen and oxygen atoms in total. The smallest absolute Gasteiger partial charge is 0.317 e. The van der Waals surface area contributed by atoms with Gasteiger partial charge in [-0.3, -0.25) is 14.6 Å². The highest BCUT2D eigenvalue weighted by molar-refractivity contribution is 7.13. The van der Waals surface area contributed by atoms with Gasteiger partial charge in [-0.2, -0.15) is 0 Å². The Morgan fingerprint density at radius 1 is 1.42 bits per heavy atom. The molecule has 2 heterocycles. The van der Waals surface area contributed by atoms with Gasteiger partial charge in [-0.1, -0.05) is 29.8 Å². The number of aliphatic carboxylic acids is 1. The number of rotatable bonds is 7. The van der Waals surface area contributed by atoms with Crippen molar-refractivity contribution in [2.24, 2.45) is 0 Å². The van der Waals surface area contributed by atoms with Crippen LogP contribution in [0.4, 0.5) is 0 Å². The average molecular weight is 375 g/mol. The van der Waals surface area contributed by atoms with E-state index in [4.69, 9.17) is 14.8 Å². The SMILES string of the molecule is Cc1ccc(-c2nc(CN3CCOC(CN(C)CC(=O)O)C3)cs2)cc1. The van der Waals surface area contributed by atoms with E-state index in [-0.39, 0.29) is 12.6 Å². The van der Waals surface area contributed by atoms with E-state index in [9.17, 15) is 4.79 Å². The molecule has 0 amide bonds. The van der Waals surface area contributed by atoms with Crippen LogP contribution in [0, 0.1) is 6.92 Å². The van der Waals surface area contributed by atoms with Gasteiger partial charge in [-0.25, -0.2) is 4.98 Å². The molecule has 1 aliphatic heterocycles. The first kappa shape index (κ1) is 19.0. The summed E-state index contributed by atoms with van der Waals surface area (Å²) in [5, 5.41) is 12.0. The molecule has 3 rings (SSSR count). The summed E-state index contributed by atoms with van der Waals surface area (Å²) < 4.78 is 5.79. The number of carboxylic acid groups (broad SMARTS) is 1. The Kier molecular flexibility index (Phi) is 6.37. The molecule has 1 saturated heterocycles. The van der Waals surface area contributed by atoms with Crippen molar-refractivity contribution in [1.29, 1.82) is 0 Å². The lowest BCUT2D eigenvalue weighted by Crippen LogP contribution is -2.47. The minimum atomic E-state index is -0.814. The van der Waals surface area contributed by atoms with Gasteiger partial charge in [-0.05, 0) is 14.0 Å². The van der Waals surface area contributed by atoms with Gasteiger partial charge in [0.15, 0.2) is 0 Å². The first-order valence-electron chi connectivity index (χ1n) is 8.75. The first-order valence-corrected chi connectivity index (χ1v) is 9.63.